The fraction of sp³-hybridized carbons (Fsp3) is 0.556. The Balaban J connectivity index is 0.000000463. The Morgan fingerprint density at radius 1 is 1.16 bits per heavy atom. The smallest absolute Gasteiger partial charge is 0.341 e. The molecule has 0 unspecified atom stereocenters. The molecule has 0 atom stereocenters. The van der Waals surface area contributed by atoms with Crippen molar-refractivity contribution in [3.8, 4) is 5.75 Å². The lowest BCUT2D eigenvalue weighted by Crippen LogP contribution is -2.09. The predicted molar refractivity (Wildman–Crippen MR) is 99.5 cm³/mol. The Kier molecular flexibility index (Phi) is 13.0. The number of carboxylic acid groups (broad SMARTS) is 1. The second-order valence-electron chi connectivity index (χ2n) is 5.84. The first kappa shape index (κ1) is 23.5. The molecular formula is C18H26Cl2O5. The molecule has 0 aliphatic heterocycles. The number of ether oxygens (including phenoxy) is 2. The fourth-order valence-electron chi connectivity index (χ4n) is 1.78. The molecule has 1 rings (SSSR count). The lowest BCUT2D eigenvalue weighted by molar-refractivity contribution is -0.141. The van der Waals surface area contributed by atoms with Crippen LogP contribution in [-0.2, 0) is 14.3 Å². The Hall–Kier alpha value is -1.46. The van der Waals surface area contributed by atoms with Crippen LogP contribution in [0.1, 0.15) is 46.5 Å². The molecule has 142 valence electrons. The van der Waals surface area contributed by atoms with Crippen LogP contribution in [0.5, 0.6) is 5.75 Å². The van der Waals surface area contributed by atoms with Crippen molar-refractivity contribution in [3.05, 3.63) is 28.2 Å². The van der Waals surface area contributed by atoms with E-state index < -0.39 is 12.6 Å². The first-order chi connectivity index (χ1) is 11.7. The van der Waals surface area contributed by atoms with Gasteiger partial charge in [-0.05, 0) is 30.5 Å². The number of hydrogen-bond acceptors (Lipinski definition) is 4. The monoisotopic (exact) mass is 392 g/mol. The van der Waals surface area contributed by atoms with Crippen molar-refractivity contribution < 1.29 is 24.2 Å². The molecule has 0 spiro atoms. The van der Waals surface area contributed by atoms with Crippen molar-refractivity contribution in [1.82, 2.24) is 0 Å². The number of aliphatic carboxylic acids is 1. The number of benzene rings is 1. The number of carbonyl (C=O) groups excluding carboxylic acids is 1. The zero-order valence-electron chi connectivity index (χ0n) is 14.9. The van der Waals surface area contributed by atoms with E-state index in [0.29, 0.717) is 22.4 Å². The van der Waals surface area contributed by atoms with E-state index in [2.05, 4.69) is 13.8 Å². The molecule has 0 bridgehead atoms. The van der Waals surface area contributed by atoms with E-state index in [1.54, 1.807) is 6.07 Å². The average molecular weight is 393 g/mol. The van der Waals surface area contributed by atoms with Crippen LogP contribution in [0.4, 0.5) is 0 Å². The lowest BCUT2D eigenvalue weighted by Gasteiger charge is -2.04. The minimum Gasteiger partial charge on any atom is -0.480 e. The SMILES string of the molecule is CC(=O)OCCCCCC(C)C.O=C(O)COc1ccc(Cl)cc1Cl. The molecule has 0 aromatic heterocycles. The highest BCUT2D eigenvalue weighted by Crippen LogP contribution is 2.27. The highest BCUT2D eigenvalue weighted by molar-refractivity contribution is 6.35. The molecule has 0 aliphatic rings. The topological polar surface area (TPSA) is 72.8 Å². The fourth-order valence-corrected chi connectivity index (χ4v) is 2.24. The highest BCUT2D eigenvalue weighted by Gasteiger charge is 2.04. The van der Waals surface area contributed by atoms with Gasteiger partial charge in [-0.25, -0.2) is 4.79 Å². The Labute approximate surface area is 159 Å². The molecular weight excluding hydrogens is 367 g/mol. The summed E-state index contributed by atoms with van der Waals surface area (Å²) in [5.74, 6) is -0.114. The van der Waals surface area contributed by atoms with Crippen molar-refractivity contribution >= 4 is 35.1 Å². The van der Waals surface area contributed by atoms with Crippen molar-refractivity contribution in [1.29, 1.82) is 0 Å². The van der Waals surface area contributed by atoms with Gasteiger partial charge in [-0.15, -0.1) is 0 Å². The van der Waals surface area contributed by atoms with Crippen molar-refractivity contribution in [2.24, 2.45) is 5.92 Å². The molecule has 0 fully saturated rings. The lowest BCUT2D eigenvalue weighted by atomic mass is 10.1. The first-order valence-electron chi connectivity index (χ1n) is 8.15. The molecule has 1 N–H and O–H groups in total. The number of carboxylic acids is 1. The number of esters is 1. The molecule has 25 heavy (non-hydrogen) atoms. The zero-order chi connectivity index (χ0) is 19.2. The minimum absolute atomic E-state index is 0.168. The summed E-state index contributed by atoms with van der Waals surface area (Å²) >= 11 is 11.3. The molecule has 1 aromatic rings. The summed E-state index contributed by atoms with van der Waals surface area (Å²) in [5.41, 5.74) is 0. The van der Waals surface area contributed by atoms with Gasteiger partial charge in [0, 0.05) is 11.9 Å². The van der Waals surface area contributed by atoms with E-state index in [9.17, 15) is 9.59 Å². The Bertz CT molecular complexity index is 532. The first-order valence-corrected chi connectivity index (χ1v) is 8.91. The van der Waals surface area contributed by atoms with Crippen LogP contribution in [0.15, 0.2) is 18.2 Å². The third-order valence-electron chi connectivity index (χ3n) is 2.98. The summed E-state index contributed by atoms with van der Waals surface area (Å²) in [7, 11) is 0. The van der Waals surface area contributed by atoms with Gasteiger partial charge in [-0.2, -0.15) is 0 Å². The molecule has 0 radical (unpaired) electrons. The molecule has 0 amide bonds. The minimum atomic E-state index is -1.05. The van der Waals surface area contributed by atoms with Crippen LogP contribution in [0.2, 0.25) is 10.0 Å². The molecule has 7 heteroatoms. The second kappa shape index (κ2) is 13.8. The summed E-state index contributed by atoms with van der Waals surface area (Å²) in [6, 6.07) is 4.58. The highest BCUT2D eigenvalue weighted by atomic mass is 35.5. The number of hydrogen-bond donors (Lipinski definition) is 1. The van der Waals surface area contributed by atoms with Crippen LogP contribution in [0.3, 0.4) is 0 Å². The zero-order valence-corrected chi connectivity index (χ0v) is 16.4. The maximum atomic E-state index is 10.4. The Morgan fingerprint density at radius 3 is 2.36 bits per heavy atom. The third kappa shape index (κ3) is 14.6. The van der Waals surface area contributed by atoms with Gasteiger partial charge in [-0.1, -0.05) is 56.3 Å². The number of carbonyl (C=O) groups is 2. The van der Waals surface area contributed by atoms with Crippen LogP contribution in [-0.4, -0.2) is 30.3 Å². The molecule has 0 heterocycles. The van der Waals surface area contributed by atoms with Crippen molar-refractivity contribution in [3.63, 3.8) is 0 Å². The summed E-state index contributed by atoms with van der Waals surface area (Å²) in [6.45, 7) is 6.08. The van der Waals surface area contributed by atoms with E-state index >= 15 is 0 Å². The predicted octanol–water partition coefficient (Wildman–Crippen LogP) is 5.22. The van der Waals surface area contributed by atoms with Crippen LogP contribution < -0.4 is 4.74 Å². The van der Waals surface area contributed by atoms with Crippen LogP contribution in [0, 0.1) is 5.92 Å². The summed E-state index contributed by atoms with van der Waals surface area (Å²) in [4.78, 5) is 20.5. The van der Waals surface area contributed by atoms with Crippen LogP contribution in [0.25, 0.3) is 0 Å². The maximum Gasteiger partial charge on any atom is 0.341 e. The van der Waals surface area contributed by atoms with Gasteiger partial charge in [0.2, 0.25) is 0 Å². The number of halogens is 2. The summed E-state index contributed by atoms with van der Waals surface area (Å²) in [6.07, 6.45) is 4.71. The second-order valence-corrected chi connectivity index (χ2v) is 6.68. The van der Waals surface area contributed by atoms with Gasteiger partial charge < -0.3 is 14.6 Å². The van der Waals surface area contributed by atoms with E-state index in [1.807, 2.05) is 0 Å². The van der Waals surface area contributed by atoms with Crippen molar-refractivity contribution in [2.45, 2.75) is 46.5 Å². The average Bonchev–Trinajstić information content (AvgIpc) is 2.50. The quantitative estimate of drug-likeness (QED) is 0.460. The molecule has 0 saturated heterocycles. The van der Waals surface area contributed by atoms with Gasteiger partial charge in [0.25, 0.3) is 0 Å². The number of unbranched alkanes of at least 4 members (excludes halogenated alkanes) is 2. The van der Waals surface area contributed by atoms with E-state index in [1.165, 1.54) is 38.3 Å². The van der Waals surface area contributed by atoms with E-state index in [4.69, 9.17) is 37.8 Å². The normalized spacial score (nSPS) is 10.0. The molecule has 0 saturated carbocycles. The van der Waals surface area contributed by atoms with Gasteiger partial charge >= 0.3 is 11.9 Å². The van der Waals surface area contributed by atoms with Gasteiger partial charge in [-0.3, -0.25) is 4.79 Å². The molecule has 5 nitrogen and oxygen atoms in total. The Morgan fingerprint density at radius 2 is 1.84 bits per heavy atom. The summed E-state index contributed by atoms with van der Waals surface area (Å²) in [5, 5.41) is 9.11. The molecule has 0 aliphatic carbocycles. The van der Waals surface area contributed by atoms with Gasteiger partial charge in [0.1, 0.15) is 5.75 Å². The third-order valence-corrected chi connectivity index (χ3v) is 3.51. The summed E-state index contributed by atoms with van der Waals surface area (Å²) < 4.78 is 9.67. The standard InChI is InChI=1S/C10H20O2.C8H6Cl2O3/c1-9(2)7-5-4-6-8-12-10(3)11;9-5-1-2-7(6(10)3-5)13-4-8(11)12/h9H,4-8H2,1-3H3;1-3H,4H2,(H,11,12). The van der Waals surface area contributed by atoms with Crippen LogP contribution >= 0.6 is 23.2 Å². The van der Waals surface area contributed by atoms with Gasteiger partial charge in [0.05, 0.1) is 11.6 Å². The van der Waals surface area contributed by atoms with E-state index in [0.717, 1.165) is 12.3 Å². The largest absolute Gasteiger partial charge is 0.480 e. The van der Waals surface area contributed by atoms with Gasteiger partial charge in [0.15, 0.2) is 6.61 Å². The maximum absolute atomic E-state index is 10.4. The van der Waals surface area contributed by atoms with E-state index in [-0.39, 0.29) is 5.97 Å². The molecule has 1 aromatic carbocycles. The van der Waals surface area contributed by atoms with Crippen molar-refractivity contribution in [2.75, 3.05) is 13.2 Å². The number of rotatable bonds is 9.